The van der Waals surface area contributed by atoms with Crippen LogP contribution in [0.1, 0.15) is 30.7 Å². The number of alkyl halides is 1. The average Bonchev–Trinajstić information content (AvgIpc) is 2.22. The third-order valence-electron chi connectivity index (χ3n) is 2.51. The molecule has 15 heavy (non-hydrogen) atoms. The van der Waals surface area contributed by atoms with Crippen molar-refractivity contribution < 1.29 is 9.53 Å². The Bertz CT molecular complexity index is 381. The van der Waals surface area contributed by atoms with Gasteiger partial charge in [0, 0.05) is 13.1 Å². The van der Waals surface area contributed by atoms with Gasteiger partial charge in [0.1, 0.15) is 0 Å². The lowest BCUT2D eigenvalue weighted by Crippen LogP contribution is -2.25. The second-order valence-corrected chi connectivity index (χ2v) is 4.81. The highest BCUT2D eigenvalue weighted by molar-refractivity contribution is 9.09. The van der Waals surface area contributed by atoms with Gasteiger partial charge in [-0.05, 0) is 24.5 Å². The number of fused-ring (bicyclic) bond motifs is 1. The maximum Gasteiger partial charge on any atom is 0.303 e. The lowest BCUT2D eigenvalue weighted by atomic mass is 9.93. The van der Waals surface area contributed by atoms with E-state index in [-0.39, 0.29) is 16.9 Å². The molecular weight excluding hydrogens is 258 g/mol. The zero-order valence-electron chi connectivity index (χ0n) is 8.44. The van der Waals surface area contributed by atoms with Gasteiger partial charge in [0.15, 0.2) is 6.10 Å². The van der Waals surface area contributed by atoms with Crippen LogP contribution in [0.5, 0.6) is 0 Å². The average molecular weight is 270 g/mol. The minimum Gasteiger partial charge on any atom is -0.455 e. The number of carbonyl (C=O) groups excluding carboxylic acids is 1. The van der Waals surface area contributed by atoms with Gasteiger partial charge in [0.25, 0.3) is 0 Å². The highest BCUT2D eigenvalue weighted by Crippen LogP contribution is 2.35. The van der Waals surface area contributed by atoms with Crippen molar-refractivity contribution in [1.29, 1.82) is 0 Å². The number of aryl methyl sites for hydroxylation is 1. The Kier molecular flexibility index (Phi) is 3.05. The van der Waals surface area contributed by atoms with Gasteiger partial charge < -0.3 is 4.74 Å². The molecule has 2 rings (SSSR count). The molecule has 0 fully saturated rings. The van der Waals surface area contributed by atoms with E-state index in [4.69, 9.17) is 4.74 Å². The first kappa shape index (κ1) is 10.6. The van der Waals surface area contributed by atoms with E-state index in [1.54, 1.807) is 6.20 Å². The molecule has 0 N–H and O–H groups in total. The molecule has 0 radical (unpaired) electrons. The van der Waals surface area contributed by atoms with Crippen LogP contribution in [-0.2, 0) is 16.0 Å². The van der Waals surface area contributed by atoms with E-state index in [1.807, 2.05) is 12.1 Å². The van der Waals surface area contributed by atoms with Crippen LogP contribution in [0, 0.1) is 0 Å². The van der Waals surface area contributed by atoms with Crippen LogP contribution in [-0.4, -0.2) is 15.8 Å². The molecule has 3 nitrogen and oxygen atoms in total. The van der Waals surface area contributed by atoms with Crippen LogP contribution < -0.4 is 0 Å². The van der Waals surface area contributed by atoms with Gasteiger partial charge in [0.05, 0.1) is 10.5 Å². The first-order valence-electron chi connectivity index (χ1n) is 4.93. The van der Waals surface area contributed by atoms with Crippen molar-refractivity contribution in [3.05, 3.63) is 29.6 Å². The Morgan fingerprint density at radius 1 is 1.67 bits per heavy atom. The minimum atomic E-state index is -0.261. The molecule has 0 spiro atoms. The molecule has 2 atom stereocenters. The summed E-state index contributed by atoms with van der Waals surface area (Å²) in [4.78, 5) is 15.5. The molecule has 1 aliphatic rings. The Labute approximate surface area is 97.0 Å². The lowest BCUT2D eigenvalue weighted by Gasteiger charge is -2.28. The summed E-state index contributed by atoms with van der Waals surface area (Å²) < 4.78 is 5.28. The normalized spacial score (nSPS) is 24.4. The van der Waals surface area contributed by atoms with Gasteiger partial charge in [-0.3, -0.25) is 9.78 Å². The molecular formula is C11H12BrNO2. The summed E-state index contributed by atoms with van der Waals surface area (Å²) in [5.41, 5.74) is 2.07. The van der Waals surface area contributed by atoms with Crippen LogP contribution in [0.25, 0.3) is 0 Å². The fraction of sp³-hybridized carbons (Fsp3) is 0.455. The zero-order chi connectivity index (χ0) is 10.8. The summed E-state index contributed by atoms with van der Waals surface area (Å²) in [6, 6.07) is 3.95. The number of nitrogens with zero attached hydrogens (tertiary/aromatic N) is 1. The van der Waals surface area contributed by atoms with Gasteiger partial charge >= 0.3 is 5.97 Å². The third-order valence-corrected chi connectivity index (χ3v) is 3.44. The van der Waals surface area contributed by atoms with E-state index >= 15 is 0 Å². The molecule has 0 saturated carbocycles. The highest BCUT2D eigenvalue weighted by Gasteiger charge is 2.31. The van der Waals surface area contributed by atoms with Gasteiger partial charge in [-0.25, -0.2) is 0 Å². The van der Waals surface area contributed by atoms with Crippen LogP contribution in [0.4, 0.5) is 0 Å². The second-order valence-electron chi connectivity index (χ2n) is 3.63. The van der Waals surface area contributed by atoms with E-state index in [2.05, 4.69) is 20.9 Å². The van der Waals surface area contributed by atoms with Crippen molar-refractivity contribution in [3.63, 3.8) is 0 Å². The Morgan fingerprint density at radius 3 is 3.20 bits per heavy atom. The summed E-state index contributed by atoms with van der Waals surface area (Å²) in [5.74, 6) is -0.261. The number of hydrogen-bond acceptors (Lipinski definition) is 3. The number of pyridine rings is 1. The molecule has 1 aromatic heterocycles. The third kappa shape index (κ3) is 2.20. The Morgan fingerprint density at radius 2 is 2.47 bits per heavy atom. The van der Waals surface area contributed by atoms with Crippen LogP contribution in [0.15, 0.2) is 18.3 Å². The van der Waals surface area contributed by atoms with Crippen molar-refractivity contribution in [3.8, 4) is 0 Å². The lowest BCUT2D eigenvalue weighted by molar-refractivity contribution is -0.147. The standard InChI is InChI=1S/C11H12BrNO2/c1-7(14)15-11-9(12)5-4-8-3-2-6-13-10(8)11/h2-3,6,9,11H,4-5H2,1H3/t9-,11+/m0/s1. The van der Waals surface area contributed by atoms with Gasteiger partial charge in [0.2, 0.25) is 0 Å². The molecule has 0 bridgehead atoms. The van der Waals surface area contributed by atoms with Gasteiger partial charge in [-0.15, -0.1) is 0 Å². The SMILES string of the molecule is CC(=O)O[C@H]1c2ncccc2CC[C@@H]1Br. The van der Waals surface area contributed by atoms with E-state index in [1.165, 1.54) is 12.5 Å². The number of halogens is 1. The number of aromatic nitrogens is 1. The molecule has 80 valence electrons. The predicted octanol–water partition coefficient (Wildman–Crippen LogP) is 2.40. The first-order chi connectivity index (χ1) is 7.18. The van der Waals surface area contributed by atoms with Crippen molar-refractivity contribution >= 4 is 21.9 Å². The first-order valence-corrected chi connectivity index (χ1v) is 5.85. The fourth-order valence-corrected chi connectivity index (χ4v) is 2.43. The van der Waals surface area contributed by atoms with Gasteiger partial charge in [-0.2, -0.15) is 0 Å². The number of esters is 1. The molecule has 0 amide bonds. The molecule has 0 aliphatic heterocycles. The molecule has 0 unspecified atom stereocenters. The van der Waals surface area contributed by atoms with E-state index in [0.717, 1.165) is 18.5 Å². The van der Waals surface area contributed by atoms with Crippen molar-refractivity contribution in [1.82, 2.24) is 4.98 Å². The van der Waals surface area contributed by atoms with Crippen LogP contribution >= 0.6 is 15.9 Å². The van der Waals surface area contributed by atoms with Crippen molar-refractivity contribution in [2.45, 2.75) is 30.7 Å². The smallest absolute Gasteiger partial charge is 0.303 e. The molecule has 4 heteroatoms. The summed E-state index contributed by atoms with van der Waals surface area (Å²) in [7, 11) is 0. The second kappa shape index (κ2) is 4.31. The van der Waals surface area contributed by atoms with Crippen LogP contribution in [0.2, 0.25) is 0 Å². The van der Waals surface area contributed by atoms with Crippen LogP contribution in [0.3, 0.4) is 0 Å². The van der Waals surface area contributed by atoms with E-state index < -0.39 is 0 Å². The topological polar surface area (TPSA) is 39.2 Å². The van der Waals surface area contributed by atoms with Crippen molar-refractivity contribution in [2.75, 3.05) is 0 Å². The predicted molar refractivity (Wildman–Crippen MR) is 59.8 cm³/mol. The summed E-state index contributed by atoms with van der Waals surface area (Å²) in [6.07, 6.45) is 3.45. The number of carbonyl (C=O) groups is 1. The quantitative estimate of drug-likeness (QED) is 0.581. The highest BCUT2D eigenvalue weighted by atomic mass is 79.9. The minimum absolute atomic E-state index is 0.170. The summed E-state index contributed by atoms with van der Waals surface area (Å²) in [6.45, 7) is 1.43. The Balaban J connectivity index is 2.32. The number of ether oxygens (including phenoxy) is 1. The largest absolute Gasteiger partial charge is 0.455 e. The summed E-state index contributed by atoms with van der Waals surface area (Å²) in [5, 5.41) is 0. The molecule has 1 heterocycles. The maximum atomic E-state index is 11.0. The molecule has 1 aromatic rings. The Hall–Kier alpha value is -0.900. The van der Waals surface area contributed by atoms with Crippen molar-refractivity contribution in [2.24, 2.45) is 0 Å². The zero-order valence-corrected chi connectivity index (χ0v) is 10.0. The number of hydrogen-bond donors (Lipinski definition) is 0. The van der Waals surface area contributed by atoms with E-state index in [0.29, 0.717) is 0 Å². The van der Waals surface area contributed by atoms with Gasteiger partial charge in [-0.1, -0.05) is 22.0 Å². The number of rotatable bonds is 1. The molecule has 1 aliphatic carbocycles. The molecule has 0 aromatic carbocycles. The maximum absolute atomic E-state index is 11.0. The van der Waals surface area contributed by atoms with E-state index in [9.17, 15) is 4.79 Å². The molecule has 0 saturated heterocycles. The monoisotopic (exact) mass is 269 g/mol. The fourth-order valence-electron chi connectivity index (χ4n) is 1.84. The summed E-state index contributed by atoms with van der Waals surface area (Å²) >= 11 is 3.54.